The van der Waals surface area contributed by atoms with Gasteiger partial charge in [0.25, 0.3) is 0 Å². The molecule has 0 saturated carbocycles. The molecule has 2 amide bonds. The Morgan fingerprint density at radius 3 is 3.06 bits per heavy atom. The number of hydrogen-bond donors (Lipinski definition) is 1. The van der Waals surface area contributed by atoms with Gasteiger partial charge in [-0.3, -0.25) is 9.59 Å². The van der Waals surface area contributed by atoms with Gasteiger partial charge in [-0.2, -0.15) is 0 Å². The Balaban J connectivity index is 2.07. The lowest BCUT2D eigenvalue weighted by molar-refractivity contribution is -0.138. The summed E-state index contributed by atoms with van der Waals surface area (Å²) in [5.74, 6) is 0.859. The molecule has 3 atom stereocenters. The predicted octanol–water partition coefficient (Wildman–Crippen LogP) is 1.36. The molecule has 2 rings (SSSR count). The molecule has 3 unspecified atom stereocenters. The largest absolute Gasteiger partial charge is 0.352 e. The molecule has 0 aromatic heterocycles. The standard InChI is InChI=1S/C12H20N2O2S/c1-4-8(2)13-11(16)9-7-17-12(3)6-5-10(15)14(9)12/h8-9H,4-7H2,1-3H3,(H,13,16). The van der Waals surface area contributed by atoms with Gasteiger partial charge < -0.3 is 10.2 Å². The zero-order chi connectivity index (χ0) is 12.6. The van der Waals surface area contributed by atoms with Crippen LogP contribution in [0, 0.1) is 0 Å². The van der Waals surface area contributed by atoms with E-state index in [9.17, 15) is 9.59 Å². The Kier molecular flexibility index (Phi) is 3.39. The molecule has 1 N–H and O–H groups in total. The minimum absolute atomic E-state index is 0.00539. The van der Waals surface area contributed by atoms with Crippen LogP contribution in [0.4, 0.5) is 0 Å². The van der Waals surface area contributed by atoms with Crippen molar-refractivity contribution in [1.82, 2.24) is 10.2 Å². The van der Waals surface area contributed by atoms with Crippen LogP contribution < -0.4 is 5.32 Å². The lowest BCUT2D eigenvalue weighted by atomic mass is 10.2. The molecule has 2 aliphatic rings. The molecule has 2 aliphatic heterocycles. The molecule has 2 fully saturated rings. The van der Waals surface area contributed by atoms with Crippen molar-refractivity contribution >= 4 is 23.6 Å². The number of carbonyl (C=O) groups is 2. The maximum Gasteiger partial charge on any atom is 0.243 e. The molecule has 2 saturated heterocycles. The van der Waals surface area contributed by atoms with Gasteiger partial charge >= 0.3 is 0 Å². The van der Waals surface area contributed by atoms with Crippen LogP contribution in [0.25, 0.3) is 0 Å². The first-order valence-corrected chi connectivity index (χ1v) is 7.23. The molecule has 0 aromatic rings. The smallest absolute Gasteiger partial charge is 0.243 e. The molecule has 5 heteroatoms. The molecule has 2 heterocycles. The minimum atomic E-state index is -0.269. The molecule has 0 aliphatic carbocycles. The number of carbonyl (C=O) groups excluding carboxylic acids is 2. The van der Waals surface area contributed by atoms with Crippen molar-refractivity contribution in [3.8, 4) is 0 Å². The van der Waals surface area contributed by atoms with Gasteiger partial charge in [0.2, 0.25) is 11.8 Å². The second-order valence-electron chi connectivity index (χ2n) is 5.08. The second-order valence-corrected chi connectivity index (χ2v) is 6.58. The average molecular weight is 256 g/mol. The van der Waals surface area contributed by atoms with Gasteiger partial charge in [-0.25, -0.2) is 0 Å². The summed E-state index contributed by atoms with van der Waals surface area (Å²) in [6.45, 7) is 6.10. The van der Waals surface area contributed by atoms with Crippen molar-refractivity contribution in [3.05, 3.63) is 0 Å². The fourth-order valence-corrected chi connectivity index (χ4v) is 3.89. The topological polar surface area (TPSA) is 49.4 Å². The van der Waals surface area contributed by atoms with Crippen LogP contribution in [-0.2, 0) is 9.59 Å². The number of thioether (sulfide) groups is 1. The maximum atomic E-state index is 12.1. The van der Waals surface area contributed by atoms with Crippen molar-refractivity contribution in [3.63, 3.8) is 0 Å². The number of nitrogens with zero attached hydrogens (tertiary/aromatic N) is 1. The number of fused-ring (bicyclic) bond motifs is 1. The van der Waals surface area contributed by atoms with Crippen LogP contribution in [-0.4, -0.2) is 39.4 Å². The van der Waals surface area contributed by atoms with E-state index in [1.54, 1.807) is 16.7 Å². The summed E-state index contributed by atoms with van der Waals surface area (Å²) in [7, 11) is 0. The van der Waals surface area contributed by atoms with E-state index < -0.39 is 0 Å². The van der Waals surface area contributed by atoms with Crippen molar-refractivity contribution in [2.45, 2.75) is 57.0 Å². The van der Waals surface area contributed by atoms with Crippen molar-refractivity contribution in [2.24, 2.45) is 0 Å². The molecule has 0 aromatic carbocycles. The molecule has 0 radical (unpaired) electrons. The highest BCUT2D eigenvalue weighted by atomic mass is 32.2. The van der Waals surface area contributed by atoms with Crippen LogP contribution in [0.5, 0.6) is 0 Å². The van der Waals surface area contributed by atoms with E-state index in [2.05, 4.69) is 12.2 Å². The van der Waals surface area contributed by atoms with E-state index >= 15 is 0 Å². The summed E-state index contributed by atoms with van der Waals surface area (Å²) >= 11 is 1.73. The second kappa shape index (κ2) is 4.52. The van der Waals surface area contributed by atoms with Gasteiger partial charge in [-0.15, -0.1) is 11.8 Å². The average Bonchev–Trinajstić information content (AvgIpc) is 2.76. The van der Waals surface area contributed by atoms with E-state index in [-0.39, 0.29) is 28.8 Å². The number of hydrogen-bond acceptors (Lipinski definition) is 3. The van der Waals surface area contributed by atoms with Gasteiger partial charge in [-0.05, 0) is 26.7 Å². The minimum Gasteiger partial charge on any atom is -0.352 e. The summed E-state index contributed by atoms with van der Waals surface area (Å²) in [5.41, 5.74) is 0. The number of nitrogens with one attached hydrogen (secondary N) is 1. The van der Waals surface area contributed by atoms with Gasteiger partial charge in [-0.1, -0.05) is 6.92 Å². The fourth-order valence-electron chi connectivity index (χ4n) is 2.46. The van der Waals surface area contributed by atoms with Gasteiger partial charge in [0.15, 0.2) is 0 Å². The first kappa shape index (κ1) is 12.7. The zero-order valence-electron chi connectivity index (χ0n) is 10.7. The molecular formula is C12H20N2O2S. The van der Waals surface area contributed by atoms with Crippen LogP contribution >= 0.6 is 11.8 Å². The summed E-state index contributed by atoms with van der Waals surface area (Å²) in [6, 6.07) is -0.0916. The lowest BCUT2D eigenvalue weighted by Gasteiger charge is -2.30. The zero-order valence-corrected chi connectivity index (χ0v) is 11.5. The van der Waals surface area contributed by atoms with Crippen LogP contribution in [0.2, 0.25) is 0 Å². The van der Waals surface area contributed by atoms with Gasteiger partial charge in [0, 0.05) is 18.2 Å². The first-order chi connectivity index (χ1) is 7.98. The van der Waals surface area contributed by atoms with Gasteiger partial charge in [0.1, 0.15) is 6.04 Å². The molecular weight excluding hydrogens is 236 g/mol. The summed E-state index contributed by atoms with van der Waals surface area (Å²) in [6.07, 6.45) is 2.36. The van der Waals surface area contributed by atoms with Gasteiger partial charge in [0.05, 0.1) is 4.87 Å². The highest BCUT2D eigenvalue weighted by Crippen LogP contribution is 2.47. The Labute approximate surface area is 106 Å². The van der Waals surface area contributed by atoms with E-state index in [1.165, 1.54) is 0 Å². The summed E-state index contributed by atoms with van der Waals surface area (Å²) in [5, 5.41) is 2.98. The monoisotopic (exact) mass is 256 g/mol. The van der Waals surface area contributed by atoms with Crippen molar-refractivity contribution in [2.75, 3.05) is 5.75 Å². The summed E-state index contributed by atoms with van der Waals surface area (Å²) < 4.78 is 0. The first-order valence-electron chi connectivity index (χ1n) is 6.24. The van der Waals surface area contributed by atoms with Crippen LogP contribution in [0.15, 0.2) is 0 Å². The lowest BCUT2D eigenvalue weighted by Crippen LogP contribution is -2.51. The third-order valence-electron chi connectivity index (χ3n) is 3.75. The third-order valence-corrected chi connectivity index (χ3v) is 5.25. The summed E-state index contributed by atoms with van der Waals surface area (Å²) in [4.78, 5) is 25.6. The highest BCUT2D eigenvalue weighted by Gasteiger charge is 2.52. The fraction of sp³-hybridized carbons (Fsp3) is 0.833. The van der Waals surface area contributed by atoms with Crippen molar-refractivity contribution in [1.29, 1.82) is 0 Å². The molecule has 96 valence electrons. The predicted molar refractivity (Wildman–Crippen MR) is 68.6 cm³/mol. The van der Waals surface area contributed by atoms with Crippen molar-refractivity contribution < 1.29 is 9.59 Å². The van der Waals surface area contributed by atoms with E-state index in [4.69, 9.17) is 0 Å². The number of amides is 2. The quantitative estimate of drug-likeness (QED) is 0.829. The molecule has 17 heavy (non-hydrogen) atoms. The molecule has 4 nitrogen and oxygen atoms in total. The van der Waals surface area contributed by atoms with E-state index in [0.29, 0.717) is 6.42 Å². The number of rotatable bonds is 3. The molecule has 0 bridgehead atoms. The SMILES string of the molecule is CCC(C)NC(=O)C1CSC2(C)CCC(=O)N12. The Bertz CT molecular complexity index is 347. The Morgan fingerprint density at radius 2 is 2.41 bits per heavy atom. The molecule has 0 spiro atoms. The van der Waals surface area contributed by atoms with Crippen LogP contribution in [0.3, 0.4) is 0 Å². The Hall–Kier alpha value is -0.710. The normalized spacial score (nSPS) is 33.7. The third kappa shape index (κ3) is 2.17. The Morgan fingerprint density at radius 1 is 1.71 bits per heavy atom. The highest BCUT2D eigenvalue weighted by molar-refractivity contribution is 8.01. The maximum absolute atomic E-state index is 12.1. The van der Waals surface area contributed by atoms with Crippen LogP contribution in [0.1, 0.15) is 40.0 Å². The van der Waals surface area contributed by atoms with E-state index in [1.807, 2.05) is 13.8 Å². The van der Waals surface area contributed by atoms with E-state index in [0.717, 1.165) is 18.6 Å².